The van der Waals surface area contributed by atoms with Gasteiger partial charge in [0.25, 0.3) is 5.91 Å². The molecule has 1 saturated heterocycles. The van der Waals surface area contributed by atoms with Crippen molar-refractivity contribution in [1.82, 2.24) is 4.31 Å². The first kappa shape index (κ1) is 30.6. The number of hydrogen-bond donors (Lipinski definition) is 1. The van der Waals surface area contributed by atoms with Crippen LogP contribution in [0.2, 0.25) is 5.02 Å². The molecule has 4 rings (SSSR count). The molecular weight excluding hydrogens is 605 g/mol. The first-order valence-electron chi connectivity index (χ1n) is 12.1. The Bertz CT molecular complexity index is 1660. The summed E-state index contributed by atoms with van der Waals surface area (Å²) < 4.78 is 92.2. The van der Waals surface area contributed by atoms with Crippen molar-refractivity contribution in [2.45, 2.75) is 11.1 Å². The van der Waals surface area contributed by atoms with Gasteiger partial charge in [-0.05, 0) is 54.6 Å². The Kier molecular flexibility index (Phi) is 8.60. The van der Waals surface area contributed by atoms with Crippen LogP contribution in [0.1, 0.15) is 15.9 Å². The third kappa shape index (κ3) is 6.94. The van der Waals surface area contributed by atoms with Gasteiger partial charge in [-0.25, -0.2) is 16.8 Å². The number of hydrogen-bond acceptors (Lipinski definition) is 6. The van der Waals surface area contributed by atoms with Gasteiger partial charge in [-0.2, -0.15) is 17.5 Å². The summed E-state index contributed by atoms with van der Waals surface area (Å²) in [6, 6.07) is 14.9. The number of rotatable bonds is 7. The van der Waals surface area contributed by atoms with Crippen molar-refractivity contribution in [1.29, 1.82) is 0 Å². The third-order valence-electron chi connectivity index (χ3n) is 6.55. The number of benzene rings is 3. The topological polar surface area (TPSA) is 107 Å². The van der Waals surface area contributed by atoms with Gasteiger partial charge >= 0.3 is 6.18 Å². The molecule has 1 heterocycles. The molecule has 0 bridgehead atoms. The van der Waals surface area contributed by atoms with Gasteiger partial charge in [0.2, 0.25) is 20.0 Å². The van der Waals surface area contributed by atoms with E-state index in [0.717, 1.165) is 22.7 Å². The Morgan fingerprint density at radius 2 is 1.54 bits per heavy atom. The first-order chi connectivity index (χ1) is 19.1. The highest BCUT2D eigenvalue weighted by atomic mass is 35.5. The number of carbonyl (C=O) groups excluding carboxylic acids is 1. The molecule has 0 saturated carbocycles. The summed E-state index contributed by atoms with van der Waals surface area (Å²) in [7, 11) is -6.21. The van der Waals surface area contributed by atoms with E-state index in [-0.39, 0.29) is 58.7 Å². The fourth-order valence-electron chi connectivity index (χ4n) is 4.28. The van der Waals surface area contributed by atoms with Crippen LogP contribution in [-0.2, 0) is 26.2 Å². The molecule has 41 heavy (non-hydrogen) atoms. The smallest absolute Gasteiger partial charge is 0.369 e. The minimum atomic E-state index is -4.56. The predicted octanol–water partition coefficient (Wildman–Crippen LogP) is 4.52. The average Bonchev–Trinajstić information content (AvgIpc) is 2.91. The molecular formula is C26H26ClF3N4O5S2. The Balaban J connectivity index is 1.44. The standard InChI is InChI=1S/C26H26ClF3N4O5S2/c1-32(40(2,36)37)24-6-4-3-5-23(24)25(35)31-20-7-9-22(10-8-20)41(38,39)34-13-11-33(12-14-34)21-16-18(26(28,29)30)15-19(27)17-21/h3-10,15-17H,11-14H2,1-2H3,(H,31,35). The lowest BCUT2D eigenvalue weighted by Gasteiger charge is -2.35. The maximum atomic E-state index is 13.2. The number of carbonyl (C=O) groups is 1. The quantitative estimate of drug-likeness (QED) is 0.412. The molecule has 3 aromatic rings. The van der Waals surface area contributed by atoms with Crippen LogP contribution in [0.25, 0.3) is 0 Å². The lowest BCUT2D eigenvalue weighted by molar-refractivity contribution is -0.137. The summed E-state index contributed by atoms with van der Waals surface area (Å²) in [6.07, 6.45) is -3.55. The van der Waals surface area contributed by atoms with Crippen LogP contribution in [0.15, 0.2) is 71.6 Å². The van der Waals surface area contributed by atoms with E-state index >= 15 is 0 Å². The largest absolute Gasteiger partial charge is 0.416 e. The average molecular weight is 631 g/mol. The molecule has 0 atom stereocenters. The van der Waals surface area contributed by atoms with E-state index in [9.17, 15) is 34.8 Å². The van der Waals surface area contributed by atoms with Gasteiger partial charge in [0.1, 0.15) is 0 Å². The first-order valence-corrected chi connectivity index (χ1v) is 15.8. The normalized spacial score (nSPS) is 15.0. The summed E-state index contributed by atoms with van der Waals surface area (Å²) in [5, 5.41) is 2.57. The Morgan fingerprint density at radius 1 is 0.927 bits per heavy atom. The molecule has 0 radical (unpaired) electrons. The van der Waals surface area contributed by atoms with E-state index in [0.29, 0.717) is 0 Å². The molecule has 0 aromatic heterocycles. The number of piperazine rings is 1. The molecule has 0 unspecified atom stereocenters. The van der Waals surface area contributed by atoms with Crippen molar-refractivity contribution in [3.63, 3.8) is 0 Å². The second-order valence-corrected chi connectivity index (χ2v) is 13.7. The molecule has 1 aliphatic heterocycles. The van der Waals surface area contributed by atoms with Crippen LogP contribution < -0.4 is 14.5 Å². The van der Waals surface area contributed by atoms with Gasteiger partial charge in [-0.15, -0.1) is 0 Å². The number of sulfonamides is 2. The fourth-order valence-corrected chi connectivity index (χ4v) is 6.45. The van der Waals surface area contributed by atoms with Crippen LogP contribution in [0.4, 0.5) is 30.2 Å². The summed E-state index contributed by atoms with van der Waals surface area (Å²) >= 11 is 5.89. The third-order valence-corrected chi connectivity index (χ3v) is 9.87. The van der Waals surface area contributed by atoms with E-state index < -0.39 is 37.7 Å². The minimum Gasteiger partial charge on any atom is -0.369 e. The van der Waals surface area contributed by atoms with Crippen molar-refractivity contribution < 1.29 is 34.8 Å². The van der Waals surface area contributed by atoms with Gasteiger partial charge in [0.05, 0.1) is 28.0 Å². The monoisotopic (exact) mass is 630 g/mol. The molecule has 3 aromatic carbocycles. The zero-order valence-corrected chi connectivity index (χ0v) is 24.3. The number of nitrogens with zero attached hydrogens (tertiary/aromatic N) is 3. The van der Waals surface area contributed by atoms with E-state index in [2.05, 4.69) is 5.32 Å². The Morgan fingerprint density at radius 3 is 2.12 bits per heavy atom. The van der Waals surface area contributed by atoms with Crippen molar-refractivity contribution in [3.8, 4) is 0 Å². The highest BCUT2D eigenvalue weighted by molar-refractivity contribution is 7.92. The lowest BCUT2D eigenvalue weighted by atomic mass is 10.1. The maximum absolute atomic E-state index is 13.2. The van der Waals surface area contributed by atoms with Crippen molar-refractivity contribution >= 4 is 54.6 Å². The number of nitrogens with one attached hydrogen (secondary N) is 1. The highest BCUT2D eigenvalue weighted by Crippen LogP contribution is 2.35. The molecule has 9 nitrogen and oxygen atoms in total. The van der Waals surface area contributed by atoms with Gasteiger partial charge in [-0.3, -0.25) is 9.10 Å². The summed E-state index contributed by atoms with van der Waals surface area (Å²) in [6.45, 7) is 0.400. The summed E-state index contributed by atoms with van der Waals surface area (Å²) in [4.78, 5) is 14.5. The van der Waals surface area contributed by atoms with Crippen LogP contribution in [0, 0.1) is 0 Å². The number of amides is 1. The van der Waals surface area contributed by atoms with Crippen molar-refractivity contribution in [3.05, 3.63) is 82.9 Å². The summed E-state index contributed by atoms with van der Waals surface area (Å²) in [5.41, 5.74) is -0.0493. The molecule has 1 fully saturated rings. The molecule has 0 aliphatic carbocycles. The number of halogens is 4. The molecule has 0 spiro atoms. The Hall–Kier alpha value is -3.33. The van der Waals surface area contributed by atoms with Gasteiger partial charge in [0, 0.05) is 49.6 Å². The SMILES string of the molecule is CN(c1ccccc1C(=O)Nc1ccc(S(=O)(=O)N2CCN(c3cc(Cl)cc(C(F)(F)F)c3)CC2)cc1)S(C)(=O)=O. The van der Waals surface area contributed by atoms with E-state index in [1.165, 1.54) is 53.8 Å². The number of anilines is 3. The van der Waals surface area contributed by atoms with Crippen molar-refractivity contribution in [2.75, 3.05) is 54.0 Å². The fraction of sp³-hybridized carbons (Fsp3) is 0.269. The molecule has 1 aliphatic rings. The van der Waals surface area contributed by atoms with Crippen LogP contribution in [0.3, 0.4) is 0 Å². The van der Waals surface area contributed by atoms with Crippen LogP contribution >= 0.6 is 11.6 Å². The Labute approximate surface area is 241 Å². The number of para-hydroxylation sites is 1. The maximum Gasteiger partial charge on any atom is 0.416 e. The highest BCUT2D eigenvalue weighted by Gasteiger charge is 2.33. The zero-order valence-electron chi connectivity index (χ0n) is 21.9. The predicted molar refractivity (Wildman–Crippen MR) is 152 cm³/mol. The number of alkyl halides is 3. The second kappa shape index (κ2) is 11.5. The lowest BCUT2D eigenvalue weighted by Crippen LogP contribution is -2.48. The zero-order chi connectivity index (χ0) is 30.2. The van der Waals surface area contributed by atoms with Crippen LogP contribution in [-0.4, -0.2) is 66.5 Å². The van der Waals surface area contributed by atoms with Crippen molar-refractivity contribution in [2.24, 2.45) is 0 Å². The van der Waals surface area contributed by atoms with Crippen LogP contribution in [0.5, 0.6) is 0 Å². The summed E-state index contributed by atoms with van der Waals surface area (Å²) in [5.74, 6) is -0.586. The van der Waals surface area contributed by atoms with Gasteiger partial charge in [0.15, 0.2) is 0 Å². The van der Waals surface area contributed by atoms with E-state index in [1.807, 2.05) is 0 Å². The second-order valence-electron chi connectivity index (χ2n) is 9.31. The molecule has 15 heteroatoms. The minimum absolute atomic E-state index is 0.0247. The van der Waals surface area contributed by atoms with E-state index in [4.69, 9.17) is 11.6 Å². The molecule has 220 valence electrons. The van der Waals surface area contributed by atoms with Gasteiger partial charge in [-0.1, -0.05) is 23.7 Å². The molecule has 1 N–H and O–H groups in total. The van der Waals surface area contributed by atoms with E-state index in [1.54, 1.807) is 17.0 Å². The molecule has 1 amide bonds. The van der Waals surface area contributed by atoms with Gasteiger partial charge < -0.3 is 10.2 Å².